The van der Waals surface area contributed by atoms with Crippen LogP contribution in [0.3, 0.4) is 0 Å². The Hall–Kier alpha value is -2.40. The molecule has 0 atom stereocenters. The zero-order valence-corrected chi connectivity index (χ0v) is 13.3. The Morgan fingerprint density at radius 2 is 1.78 bits per heavy atom. The van der Waals surface area contributed by atoms with Crippen LogP contribution in [0, 0.1) is 0 Å². The molecule has 120 valence electrons. The fourth-order valence-electron chi connectivity index (χ4n) is 2.61. The summed E-state index contributed by atoms with van der Waals surface area (Å²) in [7, 11) is 0. The number of aromatic hydroxyl groups is 1. The van der Waals surface area contributed by atoms with E-state index < -0.39 is 0 Å². The summed E-state index contributed by atoms with van der Waals surface area (Å²) in [6.45, 7) is 2.68. The highest BCUT2D eigenvalue weighted by atomic mass is 35.5. The molecule has 5 nitrogen and oxygen atoms in total. The van der Waals surface area contributed by atoms with E-state index in [1.54, 1.807) is 29.2 Å². The van der Waals surface area contributed by atoms with Crippen LogP contribution in [-0.2, 0) is 0 Å². The van der Waals surface area contributed by atoms with E-state index in [4.69, 9.17) is 11.6 Å². The normalized spacial score (nSPS) is 14.7. The van der Waals surface area contributed by atoms with Crippen LogP contribution >= 0.6 is 11.6 Å². The molecule has 2 aromatic carbocycles. The largest absolute Gasteiger partial charge is 0.508 e. The summed E-state index contributed by atoms with van der Waals surface area (Å²) in [5, 5.41) is 12.9. The molecule has 23 heavy (non-hydrogen) atoms. The molecule has 0 aromatic heterocycles. The van der Waals surface area contributed by atoms with Crippen molar-refractivity contribution < 1.29 is 9.90 Å². The minimum atomic E-state index is -0.145. The van der Waals surface area contributed by atoms with Gasteiger partial charge in [-0.2, -0.15) is 0 Å². The van der Waals surface area contributed by atoms with Gasteiger partial charge in [-0.1, -0.05) is 29.8 Å². The molecule has 0 unspecified atom stereocenters. The number of piperazine rings is 1. The molecule has 0 spiro atoms. The van der Waals surface area contributed by atoms with Crippen LogP contribution in [0.25, 0.3) is 0 Å². The lowest BCUT2D eigenvalue weighted by molar-refractivity contribution is 0.208. The van der Waals surface area contributed by atoms with Crippen molar-refractivity contribution in [3.63, 3.8) is 0 Å². The maximum Gasteiger partial charge on any atom is 0.322 e. The van der Waals surface area contributed by atoms with Gasteiger partial charge in [-0.25, -0.2) is 4.79 Å². The summed E-state index contributed by atoms with van der Waals surface area (Å²) in [5.74, 6) is 0.251. The highest BCUT2D eigenvalue weighted by Crippen LogP contribution is 2.23. The molecule has 0 saturated carbocycles. The van der Waals surface area contributed by atoms with Gasteiger partial charge in [-0.15, -0.1) is 0 Å². The second kappa shape index (κ2) is 6.79. The average molecular weight is 332 g/mol. The number of nitrogens with zero attached hydrogens (tertiary/aromatic N) is 2. The summed E-state index contributed by atoms with van der Waals surface area (Å²) >= 11 is 6.06. The van der Waals surface area contributed by atoms with Gasteiger partial charge >= 0.3 is 6.03 Å². The number of hydrogen-bond acceptors (Lipinski definition) is 3. The maximum absolute atomic E-state index is 12.3. The fraction of sp³-hybridized carbons (Fsp3) is 0.235. The van der Waals surface area contributed by atoms with E-state index in [-0.39, 0.29) is 11.8 Å². The van der Waals surface area contributed by atoms with Gasteiger partial charge in [0, 0.05) is 37.9 Å². The summed E-state index contributed by atoms with van der Waals surface area (Å²) in [6.07, 6.45) is 0. The molecule has 2 N–H and O–H groups in total. The number of urea groups is 1. The van der Waals surface area contributed by atoms with E-state index in [9.17, 15) is 9.90 Å². The molecule has 1 heterocycles. The van der Waals surface area contributed by atoms with Crippen LogP contribution in [-0.4, -0.2) is 42.2 Å². The van der Waals surface area contributed by atoms with Crippen molar-refractivity contribution in [1.29, 1.82) is 0 Å². The highest BCUT2D eigenvalue weighted by Gasteiger charge is 2.21. The quantitative estimate of drug-likeness (QED) is 0.886. The van der Waals surface area contributed by atoms with Crippen LogP contribution < -0.4 is 10.2 Å². The van der Waals surface area contributed by atoms with Crippen LogP contribution in [0.2, 0.25) is 5.02 Å². The Morgan fingerprint density at radius 1 is 1.04 bits per heavy atom. The van der Waals surface area contributed by atoms with Crippen molar-refractivity contribution in [3.8, 4) is 5.75 Å². The Kier molecular flexibility index (Phi) is 4.57. The number of carbonyl (C=O) groups excluding carboxylic acids is 1. The van der Waals surface area contributed by atoms with E-state index in [2.05, 4.69) is 10.2 Å². The Bertz CT molecular complexity index is 700. The number of hydrogen-bond donors (Lipinski definition) is 2. The van der Waals surface area contributed by atoms with Gasteiger partial charge in [-0.3, -0.25) is 0 Å². The fourth-order valence-corrected chi connectivity index (χ4v) is 2.80. The lowest BCUT2D eigenvalue weighted by Gasteiger charge is -2.36. The second-order valence-corrected chi connectivity index (χ2v) is 5.81. The van der Waals surface area contributed by atoms with Crippen molar-refractivity contribution in [2.24, 2.45) is 0 Å². The Labute approximate surface area is 140 Å². The molecule has 2 aromatic rings. The molecule has 3 rings (SSSR count). The predicted molar refractivity (Wildman–Crippen MR) is 92.4 cm³/mol. The first-order valence-corrected chi connectivity index (χ1v) is 7.86. The van der Waals surface area contributed by atoms with E-state index in [1.807, 2.05) is 24.3 Å². The Morgan fingerprint density at radius 3 is 2.48 bits per heavy atom. The number of rotatable bonds is 2. The van der Waals surface area contributed by atoms with Gasteiger partial charge in [0.1, 0.15) is 5.75 Å². The minimum absolute atomic E-state index is 0.145. The van der Waals surface area contributed by atoms with Gasteiger partial charge in [0.05, 0.1) is 10.7 Å². The molecule has 0 aliphatic carbocycles. The molecule has 1 aliphatic heterocycles. The smallest absolute Gasteiger partial charge is 0.322 e. The van der Waals surface area contributed by atoms with E-state index in [0.717, 1.165) is 18.8 Å². The molecule has 1 saturated heterocycles. The monoisotopic (exact) mass is 331 g/mol. The van der Waals surface area contributed by atoms with Crippen molar-refractivity contribution in [2.75, 3.05) is 36.4 Å². The van der Waals surface area contributed by atoms with Crippen molar-refractivity contribution in [1.82, 2.24) is 4.90 Å². The van der Waals surface area contributed by atoms with E-state index >= 15 is 0 Å². The first-order valence-electron chi connectivity index (χ1n) is 7.48. The lowest BCUT2D eigenvalue weighted by Crippen LogP contribution is -2.50. The number of anilines is 2. The first-order chi connectivity index (χ1) is 11.1. The standard InChI is InChI=1S/C17H18ClN3O2/c18-15-6-1-2-7-16(15)19-17(23)21-10-8-20(9-11-21)13-4-3-5-14(22)12-13/h1-7,12,22H,8-11H2,(H,19,23). The highest BCUT2D eigenvalue weighted by molar-refractivity contribution is 6.33. The number of carbonyl (C=O) groups is 1. The van der Waals surface area contributed by atoms with E-state index in [1.165, 1.54) is 0 Å². The van der Waals surface area contributed by atoms with Crippen LogP contribution in [0.5, 0.6) is 5.75 Å². The van der Waals surface area contributed by atoms with Gasteiger partial charge in [0.15, 0.2) is 0 Å². The molecule has 0 bridgehead atoms. The molecule has 2 amide bonds. The second-order valence-electron chi connectivity index (χ2n) is 5.40. The van der Waals surface area contributed by atoms with Crippen molar-refractivity contribution in [3.05, 3.63) is 53.6 Å². The number of para-hydroxylation sites is 1. The third-order valence-corrected chi connectivity index (χ3v) is 4.21. The number of nitrogens with one attached hydrogen (secondary N) is 1. The first kappa shape index (κ1) is 15.5. The molecule has 6 heteroatoms. The third kappa shape index (κ3) is 3.68. The van der Waals surface area contributed by atoms with Crippen LogP contribution in [0.1, 0.15) is 0 Å². The van der Waals surface area contributed by atoms with Crippen LogP contribution in [0.15, 0.2) is 48.5 Å². The average Bonchev–Trinajstić information content (AvgIpc) is 2.57. The number of benzene rings is 2. The number of phenolic OH excluding ortho intramolecular Hbond substituents is 1. The molecule has 1 fully saturated rings. The lowest BCUT2D eigenvalue weighted by atomic mass is 10.2. The zero-order chi connectivity index (χ0) is 16.2. The van der Waals surface area contributed by atoms with Crippen molar-refractivity contribution in [2.45, 2.75) is 0 Å². The van der Waals surface area contributed by atoms with E-state index in [0.29, 0.717) is 23.8 Å². The zero-order valence-electron chi connectivity index (χ0n) is 12.6. The molecular formula is C17H18ClN3O2. The van der Waals surface area contributed by atoms with Crippen molar-refractivity contribution >= 4 is 29.0 Å². The van der Waals surface area contributed by atoms with Gasteiger partial charge in [0.25, 0.3) is 0 Å². The van der Waals surface area contributed by atoms with Crippen LogP contribution in [0.4, 0.5) is 16.2 Å². The Balaban J connectivity index is 1.58. The molecule has 0 radical (unpaired) electrons. The predicted octanol–water partition coefficient (Wildman–Crippen LogP) is 3.40. The number of amides is 2. The maximum atomic E-state index is 12.3. The minimum Gasteiger partial charge on any atom is -0.508 e. The van der Waals surface area contributed by atoms with Gasteiger partial charge < -0.3 is 20.2 Å². The van der Waals surface area contributed by atoms with Gasteiger partial charge in [0.2, 0.25) is 0 Å². The SMILES string of the molecule is O=C(Nc1ccccc1Cl)N1CCN(c2cccc(O)c2)CC1. The van der Waals surface area contributed by atoms with Gasteiger partial charge in [-0.05, 0) is 24.3 Å². The summed E-state index contributed by atoms with van der Waals surface area (Å²) in [5.41, 5.74) is 1.59. The summed E-state index contributed by atoms with van der Waals surface area (Å²) < 4.78 is 0. The third-order valence-electron chi connectivity index (χ3n) is 3.88. The summed E-state index contributed by atoms with van der Waals surface area (Å²) in [4.78, 5) is 16.2. The molecule has 1 aliphatic rings. The number of phenols is 1. The summed E-state index contributed by atoms with van der Waals surface area (Å²) in [6, 6.07) is 14.2. The number of halogens is 1. The topological polar surface area (TPSA) is 55.8 Å². The molecular weight excluding hydrogens is 314 g/mol.